The van der Waals surface area contributed by atoms with Gasteiger partial charge in [0.1, 0.15) is 6.54 Å². The Hall–Kier alpha value is -2.83. The van der Waals surface area contributed by atoms with Crippen molar-refractivity contribution in [1.82, 2.24) is 0 Å². The van der Waals surface area contributed by atoms with E-state index >= 15 is 0 Å². The normalized spacial score (nSPS) is 11.1. The van der Waals surface area contributed by atoms with Crippen molar-refractivity contribution in [2.75, 3.05) is 16.2 Å². The van der Waals surface area contributed by atoms with Crippen LogP contribution in [0, 0.1) is 13.8 Å². The smallest absolute Gasteiger partial charge is 0.264 e. The molecule has 3 aromatic rings. The maximum atomic E-state index is 13.4. The van der Waals surface area contributed by atoms with E-state index in [1.165, 1.54) is 12.1 Å². The second-order valence-corrected chi connectivity index (χ2v) is 8.97. The van der Waals surface area contributed by atoms with E-state index in [-0.39, 0.29) is 11.4 Å². The zero-order chi connectivity index (χ0) is 21.0. The molecule has 0 bridgehead atoms. The summed E-state index contributed by atoms with van der Waals surface area (Å²) in [4.78, 5) is 12.8. The first-order valence-corrected chi connectivity index (χ1v) is 10.8. The molecule has 0 saturated heterocycles. The third-order valence-corrected chi connectivity index (χ3v) is 6.39. The lowest BCUT2D eigenvalue weighted by Gasteiger charge is -2.26. The van der Waals surface area contributed by atoms with Crippen LogP contribution in [0.25, 0.3) is 0 Å². The Morgan fingerprint density at radius 3 is 2.24 bits per heavy atom. The first-order chi connectivity index (χ1) is 13.8. The van der Waals surface area contributed by atoms with Gasteiger partial charge in [-0.3, -0.25) is 9.10 Å². The van der Waals surface area contributed by atoms with Crippen molar-refractivity contribution in [3.05, 3.63) is 88.9 Å². The van der Waals surface area contributed by atoms with Gasteiger partial charge in [-0.15, -0.1) is 0 Å². The highest BCUT2D eigenvalue weighted by atomic mass is 35.5. The summed E-state index contributed by atoms with van der Waals surface area (Å²) in [7, 11) is -3.96. The van der Waals surface area contributed by atoms with E-state index in [9.17, 15) is 13.2 Å². The molecule has 3 rings (SSSR count). The lowest BCUT2D eigenvalue weighted by molar-refractivity contribution is -0.114. The summed E-state index contributed by atoms with van der Waals surface area (Å²) < 4.78 is 27.9. The van der Waals surface area contributed by atoms with E-state index in [0.29, 0.717) is 22.0 Å². The van der Waals surface area contributed by atoms with Gasteiger partial charge >= 0.3 is 0 Å². The minimum absolute atomic E-state index is 0.116. The van der Waals surface area contributed by atoms with Crippen LogP contribution in [0.2, 0.25) is 5.02 Å². The molecule has 0 radical (unpaired) electrons. The van der Waals surface area contributed by atoms with Gasteiger partial charge in [0.25, 0.3) is 10.0 Å². The molecule has 0 spiro atoms. The number of aryl methyl sites for hydroxylation is 2. The summed E-state index contributed by atoms with van der Waals surface area (Å²) in [6.45, 7) is 3.27. The molecule has 3 aromatic carbocycles. The Bertz CT molecular complexity index is 1110. The maximum Gasteiger partial charge on any atom is 0.264 e. The quantitative estimate of drug-likeness (QED) is 0.613. The summed E-state index contributed by atoms with van der Waals surface area (Å²) in [5.41, 5.74) is 2.59. The molecule has 0 aliphatic rings. The highest BCUT2D eigenvalue weighted by Crippen LogP contribution is 2.29. The summed E-state index contributed by atoms with van der Waals surface area (Å²) in [5, 5.41) is 3.23. The molecule has 150 valence electrons. The average molecular weight is 429 g/mol. The van der Waals surface area contributed by atoms with E-state index in [2.05, 4.69) is 5.32 Å². The zero-order valence-corrected chi connectivity index (χ0v) is 17.7. The number of carbonyl (C=O) groups is 1. The highest BCUT2D eigenvalue weighted by Gasteiger charge is 2.28. The van der Waals surface area contributed by atoms with Crippen LogP contribution in [-0.4, -0.2) is 20.9 Å². The molecule has 0 fully saturated rings. The van der Waals surface area contributed by atoms with Gasteiger partial charge in [-0.25, -0.2) is 8.42 Å². The molecule has 29 heavy (non-hydrogen) atoms. The molecule has 0 aromatic heterocycles. The van der Waals surface area contributed by atoms with Crippen LogP contribution >= 0.6 is 11.6 Å². The molecule has 0 heterocycles. The Morgan fingerprint density at radius 2 is 1.62 bits per heavy atom. The van der Waals surface area contributed by atoms with Crippen molar-refractivity contribution >= 4 is 38.9 Å². The third-order valence-electron chi connectivity index (χ3n) is 4.38. The molecule has 1 N–H and O–H groups in total. The molecule has 0 aliphatic carbocycles. The highest BCUT2D eigenvalue weighted by molar-refractivity contribution is 7.92. The molecule has 7 heteroatoms. The number of halogens is 1. The summed E-state index contributed by atoms with van der Waals surface area (Å²) in [6, 6.07) is 20.3. The minimum Gasteiger partial charge on any atom is -0.325 e. The number of para-hydroxylation sites is 1. The lowest BCUT2D eigenvalue weighted by atomic mass is 10.2. The Kier molecular flexibility index (Phi) is 6.25. The molecule has 0 atom stereocenters. The van der Waals surface area contributed by atoms with Gasteiger partial charge in [-0.05, 0) is 61.9 Å². The van der Waals surface area contributed by atoms with Crippen LogP contribution in [0.1, 0.15) is 11.1 Å². The molecule has 0 aliphatic heterocycles. The van der Waals surface area contributed by atoms with Crippen LogP contribution < -0.4 is 9.62 Å². The summed E-state index contributed by atoms with van der Waals surface area (Å²) >= 11 is 6.04. The van der Waals surface area contributed by atoms with E-state index < -0.39 is 15.9 Å². The van der Waals surface area contributed by atoms with Crippen molar-refractivity contribution in [3.8, 4) is 0 Å². The third kappa shape index (κ3) is 4.96. The van der Waals surface area contributed by atoms with Crippen molar-refractivity contribution in [3.63, 3.8) is 0 Å². The van der Waals surface area contributed by atoms with E-state index in [1.54, 1.807) is 61.5 Å². The molecule has 0 saturated carbocycles. The second-order valence-electron chi connectivity index (χ2n) is 6.67. The number of rotatable bonds is 6. The fourth-order valence-electron chi connectivity index (χ4n) is 2.89. The standard InChI is InChI=1S/C22H21ClN2O3S/c1-16-8-11-20(12-9-16)29(27,28)25(21-13-10-18(23)14-17(21)2)15-22(26)24-19-6-4-3-5-7-19/h3-14H,15H2,1-2H3,(H,24,26). The van der Waals surface area contributed by atoms with Gasteiger partial charge in [-0.1, -0.05) is 47.5 Å². The first-order valence-electron chi connectivity index (χ1n) is 8.98. The van der Waals surface area contributed by atoms with E-state index in [1.807, 2.05) is 13.0 Å². The van der Waals surface area contributed by atoms with Gasteiger partial charge in [0, 0.05) is 10.7 Å². The van der Waals surface area contributed by atoms with Crippen molar-refractivity contribution < 1.29 is 13.2 Å². The topological polar surface area (TPSA) is 66.5 Å². The van der Waals surface area contributed by atoms with Crippen LogP contribution in [0.5, 0.6) is 0 Å². The van der Waals surface area contributed by atoms with Crippen LogP contribution in [0.15, 0.2) is 77.7 Å². The first kappa shape index (κ1) is 20.9. The Labute approximate surface area is 176 Å². The lowest BCUT2D eigenvalue weighted by Crippen LogP contribution is -2.38. The number of sulfonamides is 1. The number of hydrogen-bond donors (Lipinski definition) is 1. The predicted molar refractivity (Wildman–Crippen MR) is 117 cm³/mol. The number of carbonyl (C=O) groups excluding carboxylic acids is 1. The number of nitrogens with one attached hydrogen (secondary N) is 1. The number of hydrogen-bond acceptors (Lipinski definition) is 3. The second kappa shape index (κ2) is 8.68. The van der Waals surface area contributed by atoms with Crippen molar-refractivity contribution in [1.29, 1.82) is 0 Å². The number of amides is 1. The predicted octanol–water partition coefficient (Wildman–Crippen LogP) is 4.79. The van der Waals surface area contributed by atoms with Gasteiger partial charge in [0.2, 0.25) is 5.91 Å². The van der Waals surface area contributed by atoms with E-state index in [0.717, 1.165) is 9.87 Å². The van der Waals surface area contributed by atoms with Crippen LogP contribution in [-0.2, 0) is 14.8 Å². The zero-order valence-electron chi connectivity index (χ0n) is 16.1. The SMILES string of the molecule is Cc1ccc(S(=O)(=O)N(CC(=O)Nc2ccccc2)c2ccc(Cl)cc2C)cc1. The maximum absolute atomic E-state index is 13.4. The Morgan fingerprint density at radius 1 is 0.966 bits per heavy atom. The molecular weight excluding hydrogens is 408 g/mol. The molecule has 5 nitrogen and oxygen atoms in total. The molecule has 1 amide bonds. The van der Waals surface area contributed by atoms with Gasteiger partial charge in [-0.2, -0.15) is 0 Å². The monoisotopic (exact) mass is 428 g/mol. The van der Waals surface area contributed by atoms with Crippen molar-refractivity contribution in [2.24, 2.45) is 0 Å². The Balaban J connectivity index is 1.99. The molecular formula is C22H21ClN2O3S. The number of anilines is 2. The largest absolute Gasteiger partial charge is 0.325 e. The van der Waals surface area contributed by atoms with Gasteiger partial charge in [0.05, 0.1) is 10.6 Å². The fraction of sp³-hybridized carbons (Fsp3) is 0.136. The average Bonchev–Trinajstić information content (AvgIpc) is 2.68. The van der Waals surface area contributed by atoms with Crippen molar-refractivity contribution in [2.45, 2.75) is 18.7 Å². The van der Waals surface area contributed by atoms with Gasteiger partial charge < -0.3 is 5.32 Å². The van der Waals surface area contributed by atoms with Gasteiger partial charge in [0.15, 0.2) is 0 Å². The van der Waals surface area contributed by atoms with Crippen LogP contribution in [0.3, 0.4) is 0 Å². The van der Waals surface area contributed by atoms with E-state index in [4.69, 9.17) is 11.6 Å². The minimum atomic E-state index is -3.96. The number of nitrogens with zero attached hydrogens (tertiary/aromatic N) is 1. The summed E-state index contributed by atoms with van der Waals surface area (Å²) in [5.74, 6) is -0.443. The molecule has 0 unspecified atom stereocenters. The number of benzene rings is 3. The van der Waals surface area contributed by atoms with Crippen LogP contribution in [0.4, 0.5) is 11.4 Å². The summed E-state index contributed by atoms with van der Waals surface area (Å²) in [6.07, 6.45) is 0. The fourth-order valence-corrected chi connectivity index (χ4v) is 4.60.